The van der Waals surface area contributed by atoms with E-state index < -0.39 is 6.10 Å². The van der Waals surface area contributed by atoms with E-state index in [4.69, 9.17) is 4.74 Å². The Hall–Kier alpha value is -2.40. The minimum Gasteiger partial charge on any atom is -0.457 e. The van der Waals surface area contributed by atoms with Crippen LogP contribution in [0.15, 0.2) is 48.5 Å². The van der Waals surface area contributed by atoms with Crippen LogP contribution in [0.1, 0.15) is 50.7 Å². The standard InChI is InChI=1S/C22H26FNO3/c1-2-13-24-18(10-12-22(24)26)9-11-21(25)16-5-3-7-19(14-16)27-20-8-4-6-17(23)15-20/h3-8,14-15,18,21,25H,2,9-13H2,1H3/t18-,21?/m0/s1. The molecule has 0 aliphatic carbocycles. The van der Waals surface area contributed by atoms with Crippen molar-refractivity contribution in [3.8, 4) is 11.5 Å². The van der Waals surface area contributed by atoms with E-state index in [0.29, 0.717) is 24.3 Å². The average molecular weight is 371 g/mol. The quantitative estimate of drug-likeness (QED) is 0.723. The van der Waals surface area contributed by atoms with Gasteiger partial charge in [-0.1, -0.05) is 25.1 Å². The van der Waals surface area contributed by atoms with E-state index in [9.17, 15) is 14.3 Å². The van der Waals surface area contributed by atoms with Gasteiger partial charge in [0, 0.05) is 25.1 Å². The van der Waals surface area contributed by atoms with Gasteiger partial charge in [-0.15, -0.1) is 0 Å². The van der Waals surface area contributed by atoms with Crippen molar-refractivity contribution in [3.05, 3.63) is 59.9 Å². The lowest BCUT2D eigenvalue weighted by Crippen LogP contribution is -2.33. The second-order valence-electron chi connectivity index (χ2n) is 7.00. The van der Waals surface area contributed by atoms with Crippen LogP contribution in [0.4, 0.5) is 4.39 Å². The van der Waals surface area contributed by atoms with E-state index in [1.165, 1.54) is 12.1 Å². The summed E-state index contributed by atoms with van der Waals surface area (Å²) in [6.07, 6.45) is 3.17. The second-order valence-corrected chi connectivity index (χ2v) is 7.00. The first kappa shape index (κ1) is 19.4. The normalized spacial score (nSPS) is 18.0. The molecule has 2 atom stereocenters. The molecule has 4 nitrogen and oxygen atoms in total. The first-order chi connectivity index (χ1) is 13.1. The maximum atomic E-state index is 13.3. The van der Waals surface area contributed by atoms with Gasteiger partial charge in [0.15, 0.2) is 0 Å². The minimum absolute atomic E-state index is 0.221. The third kappa shape index (κ3) is 5.07. The number of hydrogen-bond donors (Lipinski definition) is 1. The van der Waals surface area contributed by atoms with Crippen molar-refractivity contribution < 1.29 is 19.0 Å². The van der Waals surface area contributed by atoms with E-state index in [1.807, 2.05) is 17.0 Å². The number of nitrogens with zero attached hydrogens (tertiary/aromatic N) is 1. The van der Waals surface area contributed by atoms with Gasteiger partial charge >= 0.3 is 0 Å². The largest absolute Gasteiger partial charge is 0.457 e. The van der Waals surface area contributed by atoms with Crippen LogP contribution in [0.5, 0.6) is 11.5 Å². The van der Waals surface area contributed by atoms with Crippen molar-refractivity contribution >= 4 is 5.91 Å². The number of aliphatic hydroxyl groups excluding tert-OH is 1. The molecule has 1 fully saturated rings. The molecular formula is C22H26FNO3. The first-order valence-corrected chi connectivity index (χ1v) is 9.57. The van der Waals surface area contributed by atoms with Gasteiger partial charge in [0.2, 0.25) is 5.91 Å². The third-order valence-electron chi connectivity index (χ3n) is 4.97. The van der Waals surface area contributed by atoms with Gasteiger partial charge in [-0.05, 0) is 55.5 Å². The Morgan fingerprint density at radius 3 is 2.70 bits per heavy atom. The SMILES string of the molecule is CCCN1C(=O)CC[C@@H]1CCC(O)c1cccc(Oc2cccc(F)c2)c1. The van der Waals surface area contributed by atoms with Crippen molar-refractivity contribution in [1.82, 2.24) is 4.90 Å². The molecule has 27 heavy (non-hydrogen) atoms. The highest BCUT2D eigenvalue weighted by molar-refractivity contribution is 5.78. The lowest BCUT2D eigenvalue weighted by Gasteiger charge is -2.25. The van der Waals surface area contributed by atoms with Gasteiger partial charge in [0.05, 0.1) is 6.10 Å². The maximum absolute atomic E-state index is 13.3. The minimum atomic E-state index is -0.625. The van der Waals surface area contributed by atoms with Crippen LogP contribution in [0.3, 0.4) is 0 Å². The van der Waals surface area contributed by atoms with Gasteiger partial charge in [0.1, 0.15) is 17.3 Å². The molecule has 1 amide bonds. The van der Waals surface area contributed by atoms with Crippen molar-refractivity contribution in [2.24, 2.45) is 0 Å². The molecule has 2 aromatic rings. The van der Waals surface area contributed by atoms with Crippen LogP contribution >= 0.6 is 0 Å². The lowest BCUT2D eigenvalue weighted by atomic mass is 10.0. The monoisotopic (exact) mass is 371 g/mol. The van der Waals surface area contributed by atoms with Gasteiger partial charge in [-0.25, -0.2) is 4.39 Å². The molecule has 0 aromatic heterocycles. The summed E-state index contributed by atoms with van der Waals surface area (Å²) in [5.74, 6) is 0.843. The lowest BCUT2D eigenvalue weighted by molar-refractivity contribution is -0.129. The zero-order valence-electron chi connectivity index (χ0n) is 15.6. The Morgan fingerprint density at radius 2 is 1.96 bits per heavy atom. The molecule has 1 aliphatic heterocycles. The summed E-state index contributed by atoms with van der Waals surface area (Å²) in [5.41, 5.74) is 0.760. The van der Waals surface area contributed by atoms with Gasteiger partial charge < -0.3 is 14.7 Å². The van der Waals surface area contributed by atoms with E-state index in [2.05, 4.69) is 6.92 Å². The molecule has 0 spiro atoms. The predicted octanol–water partition coefficient (Wildman–Crippen LogP) is 4.83. The summed E-state index contributed by atoms with van der Waals surface area (Å²) in [6.45, 7) is 2.86. The van der Waals surface area contributed by atoms with E-state index in [1.54, 1.807) is 24.3 Å². The van der Waals surface area contributed by atoms with Gasteiger partial charge in [0.25, 0.3) is 0 Å². The Morgan fingerprint density at radius 1 is 1.22 bits per heavy atom. The molecule has 1 aliphatic rings. The first-order valence-electron chi connectivity index (χ1n) is 9.57. The number of carbonyl (C=O) groups is 1. The molecule has 2 aromatic carbocycles. The maximum Gasteiger partial charge on any atom is 0.222 e. The summed E-state index contributed by atoms with van der Waals surface area (Å²) in [5, 5.41) is 10.6. The highest BCUT2D eigenvalue weighted by Crippen LogP contribution is 2.29. The number of hydrogen-bond acceptors (Lipinski definition) is 3. The van der Waals surface area contributed by atoms with Crippen LogP contribution < -0.4 is 4.74 Å². The molecule has 1 N–H and O–H groups in total. The smallest absolute Gasteiger partial charge is 0.222 e. The van der Waals surface area contributed by atoms with E-state index >= 15 is 0 Å². The van der Waals surface area contributed by atoms with Gasteiger partial charge in [-0.2, -0.15) is 0 Å². The average Bonchev–Trinajstić information content (AvgIpc) is 3.00. The highest BCUT2D eigenvalue weighted by Gasteiger charge is 2.30. The molecule has 1 heterocycles. The second kappa shape index (κ2) is 9.00. The Labute approximate surface area is 159 Å². The molecule has 3 rings (SSSR count). The zero-order chi connectivity index (χ0) is 19.2. The number of likely N-dealkylation sites (tertiary alicyclic amines) is 1. The Kier molecular flexibility index (Phi) is 6.45. The van der Waals surface area contributed by atoms with Crippen LogP contribution in [-0.4, -0.2) is 28.5 Å². The molecule has 0 bridgehead atoms. The molecule has 144 valence electrons. The topological polar surface area (TPSA) is 49.8 Å². The van der Waals surface area contributed by atoms with E-state index in [-0.39, 0.29) is 17.8 Å². The van der Waals surface area contributed by atoms with Crippen molar-refractivity contribution in [2.75, 3.05) is 6.54 Å². The van der Waals surface area contributed by atoms with Gasteiger partial charge in [-0.3, -0.25) is 4.79 Å². The Balaban J connectivity index is 1.60. The molecule has 0 saturated carbocycles. The van der Waals surface area contributed by atoms with Crippen LogP contribution in [0.2, 0.25) is 0 Å². The fraction of sp³-hybridized carbons (Fsp3) is 0.409. The summed E-state index contributed by atoms with van der Waals surface area (Å²) in [6, 6.07) is 13.4. The Bertz CT molecular complexity index is 780. The van der Waals surface area contributed by atoms with Crippen molar-refractivity contribution in [1.29, 1.82) is 0 Å². The zero-order valence-corrected chi connectivity index (χ0v) is 15.6. The number of carbonyl (C=O) groups excluding carboxylic acids is 1. The number of aliphatic hydroxyl groups is 1. The fourth-order valence-electron chi connectivity index (χ4n) is 3.61. The van der Waals surface area contributed by atoms with Crippen LogP contribution in [0, 0.1) is 5.82 Å². The molecule has 5 heteroatoms. The summed E-state index contributed by atoms with van der Waals surface area (Å²) < 4.78 is 19.0. The molecule has 1 unspecified atom stereocenters. The number of rotatable bonds is 8. The highest BCUT2D eigenvalue weighted by atomic mass is 19.1. The number of ether oxygens (including phenoxy) is 1. The van der Waals surface area contributed by atoms with Crippen molar-refractivity contribution in [2.45, 2.75) is 51.2 Å². The van der Waals surface area contributed by atoms with Crippen LogP contribution in [-0.2, 0) is 4.79 Å². The summed E-state index contributed by atoms with van der Waals surface area (Å²) >= 11 is 0. The fourth-order valence-corrected chi connectivity index (χ4v) is 3.61. The molecular weight excluding hydrogens is 345 g/mol. The van der Waals surface area contributed by atoms with Crippen LogP contribution in [0.25, 0.3) is 0 Å². The predicted molar refractivity (Wildman–Crippen MR) is 102 cm³/mol. The van der Waals surface area contributed by atoms with Crippen molar-refractivity contribution in [3.63, 3.8) is 0 Å². The number of amides is 1. The summed E-state index contributed by atoms with van der Waals surface area (Å²) in [4.78, 5) is 13.9. The number of benzene rings is 2. The third-order valence-corrected chi connectivity index (χ3v) is 4.97. The van der Waals surface area contributed by atoms with E-state index in [0.717, 1.165) is 31.4 Å². The number of halogens is 1. The molecule has 0 radical (unpaired) electrons. The molecule has 1 saturated heterocycles. The summed E-state index contributed by atoms with van der Waals surface area (Å²) in [7, 11) is 0.